The Morgan fingerprint density at radius 1 is 1.80 bits per heavy atom. The molecule has 2 heterocycles. The van der Waals surface area contributed by atoms with Crippen LogP contribution in [0.4, 0.5) is 5.82 Å². The summed E-state index contributed by atoms with van der Waals surface area (Å²) in [6.45, 7) is -2.70. The van der Waals surface area contributed by atoms with E-state index in [0.717, 1.165) is 0 Å². The van der Waals surface area contributed by atoms with Crippen LogP contribution in [-0.2, 0) is 4.79 Å². The lowest BCUT2D eigenvalue weighted by Gasteiger charge is -2.15. The van der Waals surface area contributed by atoms with Crippen LogP contribution in [0.25, 0.3) is 0 Å². The average molecular weight is 233 g/mol. The van der Waals surface area contributed by atoms with E-state index in [9.17, 15) is 4.79 Å². The van der Waals surface area contributed by atoms with Gasteiger partial charge < -0.3 is 10.5 Å². The predicted molar refractivity (Wildman–Crippen MR) is 58.4 cm³/mol. The summed E-state index contributed by atoms with van der Waals surface area (Å²) in [6, 6.07) is 2.13. The number of likely N-dealkylation sites (N-methyl/N-ethyl adjacent to an activating group) is 1. The molecule has 1 aliphatic heterocycles. The van der Waals surface area contributed by atoms with E-state index in [0.29, 0.717) is 4.90 Å². The minimum atomic E-state index is -2.63. The lowest BCUT2D eigenvalue weighted by molar-refractivity contribution is -0.119. The van der Waals surface area contributed by atoms with Crippen LogP contribution in [0.1, 0.15) is 4.11 Å². The van der Waals surface area contributed by atoms with Crippen molar-refractivity contribution in [3.8, 4) is 5.75 Å². The van der Waals surface area contributed by atoms with Crippen LogP contribution in [0.3, 0.4) is 0 Å². The SMILES string of the molecule is Cl.[2H]C([2H])([2H])N1C(=O)C(N)COc2cccnc21. The van der Waals surface area contributed by atoms with Crippen LogP contribution in [0, 0.1) is 0 Å². The van der Waals surface area contributed by atoms with Crippen molar-refractivity contribution in [2.45, 2.75) is 6.04 Å². The zero-order chi connectivity index (χ0) is 12.6. The molecule has 2 rings (SSSR count). The number of carbonyl (C=O) groups excluding carboxylic acids is 1. The number of hydrogen-bond acceptors (Lipinski definition) is 4. The second kappa shape index (κ2) is 4.46. The van der Waals surface area contributed by atoms with Crippen molar-refractivity contribution in [3.05, 3.63) is 18.3 Å². The van der Waals surface area contributed by atoms with Crippen LogP contribution in [0.5, 0.6) is 5.75 Å². The Balaban J connectivity index is 0.00000162. The average Bonchev–Trinajstić information content (AvgIpc) is 2.37. The molecule has 82 valence electrons. The molecule has 0 fully saturated rings. The summed E-state index contributed by atoms with van der Waals surface area (Å²) in [6.07, 6.45) is 1.39. The van der Waals surface area contributed by atoms with E-state index in [2.05, 4.69) is 4.98 Å². The highest BCUT2D eigenvalue weighted by atomic mass is 35.5. The van der Waals surface area contributed by atoms with Gasteiger partial charge in [0.15, 0.2) is 11.6 Å². The minimum absolute atomic E-state index is 0. The fourth-order valence-corrected chi connectivity index (χ4v) is 1.18. The topological polar surface area (TPSA) is 68.5 Å². The molecule has 5 nitrogen and oxygen atoms in total. The molecule has 6 heteroatoms. The van der Waals surface area contributed by atoms with Crippen LogP contribution in [-0.4, -0.2) is 30.5 Å². The van der Waals surface area contributed by atoms with Crippen molar-refractivity contribution >= 4 is 24.1 Å². The molecule has 0 aliphatic carbocycles. The van der Waals surface area contributed by atoms with Crippen LogP contribution in [0.2, 0.25) is 0 Å². The molecule has 0 saturated heterocycles. The lowest BCUT2D eigenvalue weighted by atomic mass is 10.3. The smallest absolute Gasteiger partial charge is 0.248 e. The number of rotatable bonds is 0. The first-order valence-corrected chi connectivity index (χ1v) is 4.09. The fourth-order valence-electron chi connectivity index (χ4n) is 1.18. The number of ether oxygens (including phenoxy) is 1. The van der Waals surface area contributed by atoms with Gasteiger partial charge in [0.1, 0.15) is 12.6 Å². The van der Waals surface area contributed by atoms with Gasteiger partial charge in [-0.25, -0.2) is 4.98 Å². The number of nitrogens with zero attached hydrogens (tertiary/aromatic N) is 2. The van der Waals surface area contributed by atoms with E-state index in [4.69, 9.17) is 14.6 Å². The van der Waals surface area contributed by atoms with Gasteiger partial charge in [0.05, 0.1) is 0 Å². The fraction of sp³-hybridized carbons (Fsp3) is 0.333. The van der Waals surface area contributed by atoms with Crippen LogP contribution < -0.4 is 15.4 Å². The summed E-state index contributed by atoms with van der Waals surface area (Å²) in [4.78, 5) is 16.4. The van der Waals surface area contributed by atoms with Gasteiger partial charge in [0.2, 0.25) is 5.91 Å². The predicted octanol–water partition coefficient (Wildman–Crippen LogP) is 0.186. The highest BCUT2D eigenvalue weighted by molar-refractivity contribution is 5.97. The number of halogens is 1. The monoisotopic (exact) mass is 232 g/mol. The standard InChI is InChI=1S/C9H11N3O2.ClH/c1-12-8-7(3-2-4-11-8)14-5-6(10)9(12)13;/h2-4,6H,5,10H2,1H3;1H/i1D3;. The Hall–Kier alpha value is -1.33. The molecule has 0 saturated carbocycles. The van der Waals surface area contributed by atoms with Gasteiger partial charge in [-0.1, -0.05) is 0 Å². The number of anilines is 1. The molecule has 1 aromatic rings. The summed E-state index contributed by atoms with van der Waals surface area (Å²) in [5.41, 5.74) is 5.55. The lowest BCUT2D eigenvalue weighted by Crippen LogP contribution is -2.43. The summed E-state index contributed by atoms with van der Waals surface area (Å²) in [5, 5.41) is 0. The summed E-state index contributed by atoms with van der Waals surface area (Å²) < 4.78 is 27.3. The first-order chi connectivity index (χ1) is 7.91. The van der Waals surface area contributed by atoms with E-state index in [-0.39, 0.29) is 30.6 Å². The Bertz CT molecular complexity index is 455. The second-order valence-corrected chi connectivity index (χ2v) is 2.92. The van der Waals surface area contributed by atoms with Gasteiger partial charge >= 0.3 is 0 Å². The van der Waals surface area contributed by atoms with Gasteiger partial charge in [0.25, 0.3) is 0 Å². The van der Waals surface area contributed by atoms with E-state index in [1.165, 1.54) is 6.20 Å². The molecular weight excluding hydrogens is 218 g/mol. The molecule has 0 radical (unpaired) electrons. The van der Waals surface area contributed by atoms with E-state index in [1.54, 1.807) is 12.1 Å². The summed E-state index contributed by atoms with van der Waals surface area (Å²) >= 11 is 0. The van der Waals surface area contributed by atoms with Crippen LogP contribution in [0.15, 0.2) is 18.3 Å². The molecule has 0 bridgehead atoms. The van der Waals surface area contributed by atoms with Crippen molar-refractivity contribution in [1.29, 1.82) is 0 Å². The van der Waals surface area contributed by atoms with E-state index in [1.807, 2.05) is 0 Å². The van der Waals surface area contributed by atoms with Gasteiger partial charge in [-0.15, -0.1) is 12.4 Å². The normalized spacial score (nSPS) is 23.5. The molecule has 1 unspecified atom stereocenters. The van der Waals surface area contributed by atoms with Gasteiger partial charge in [-0.3, -0.25) is 9.69 Å². The molecule has 1 atom stereocenters. The number of amides is 1. The zero-order valence-electron chi connectivity index (χ0n) is 10.7. The molecule has 1 aromatic heterocycles. The number of fused-ring (bicyclic) bond motifs is 1. The molecule has 0 spiro atoms. The third-order valence-electron chi connectivity index (χ3n) is 1.92. The van der Waals surface area contributed by atoms with Crippen molar-refractivity contribution in [1.82, 2.24) is 4.98 Å². The van der Waals surface area contributed by atoms with E-state index < -0.39 is 18.9 Å². The third kappa shape index (κ3) is 2.03. The molecular formula is C9H12ClN3O2. The zero-order valence-corrected chi connectivity index (χ0v) is 8.53. The highest BCUT2D eigenvalue weighted by Gasteiger charge is 2.26. The molecule has 15 heavy (non-hydrogen) atoms. The summed E-state index contributed by atoms with van der Waals surface area (Å²) in [5.74, 6) is -0.502. The Labute approximate surface area is 97.8 Å². The maximum absolute atomic E-state index is 11.9. The van der Waals surface area contributed by atoms with Crippen molar-refractivity contribution in [2.24, 2.45) is 5.73 Å². The molecule has 1 aliphatic rings. The minimum Gasteiger partial charge on any atom is -0.488 e. The Morgan fingerprint density at radius 2 is 2.60 bits per heavy atom. The largest absolute Gasteiger partial charge is 0.488 e. The van der Waals surface area contributed by atoms with E-state index >= 15 is 0 Å². The first kappa shape index (κ1) is 7.90. The van der Waals surface area contributed by atoms with Crippen molar-refractivity contribution in [3.63, 3.8) is 0 Å². The maximum Gasteiger partial charge on any atom is 0.248 e. The maximum atomic E-state index is 11.9. The highest BCUT2D eigenvalue weighted by Crippen LogP contribution is 2.26. The molecule has 2 N–H and O–H groups in total. The first-order valence-electron chi connectivity index (χ1n) is 5.59. The molecule has 1 amide bonds. The summed E-state index contributed by atoms with van der Waals surface area (Å²) in [7, 11) is 0. The second-order valence-electron chi connectivity index (χ2n) is 2.92. The van der Waals surface area contributed by atoms with Crippen LogP contribution >= 0.6 is 12.4 Å². The number of pyridine rings is 1. The van der Waals surface area contributed by atoms with Crippen molar-refractivity contribution in [2.75, 3.05) is 18.5 Å². The van der Waals surface area contributed by atoms with Gasteiger partial charge in [-0.05, 0) is 12.1 Å². The Morgan fingerprint density at radius 3 is 3.33 bits per heavy atom. The number of nitrogens with two attached hydrogens (primary N) is 1. The molecule has 0 aromatic carbocycles. The number of hydrogen-bond donors (Lipinski definition) is 1. The number of carbonyl (C=O) groups is 1. The number of aromatic nitrogens is 1. The quantitative estimate of drug-likeness (QED) is 0.693. The van der Waals surface area contributed by atoms with Crippen molar-refractivity contribution < 1.29 is 13.6 Å². The Kier molecular flexibility index (Phi) is 2.35. The van der Waals surface area contributed by atoms with Gasteiger partial charge in [0, 0.05) is 17.3 Å². The van der Waals surface area contributed by atoms with Gasteiger partial charge in [-0.2, -0.15) is 0 Å². The third-order valence-corrected chi connectivity index (χ3v) is 1.92.